The lowest BCUT2D eigenvalue weighted by Gasteiger charge is -2.11. The van der Waals surface area contributed by atoms with Gasteiger partial charge in [0.05, 0.1) is 12.5 Å². The fraction of sp³-hybridized carbons (Fsp3) is 0.467. The van der Waals surface area contributed by atoms with Gasteiger partial charge in [0.2, 0.25) is 0 Å². The summed E-state index contributed by atoms with van der Waals surface area (Å²) in [4.78, 5) is 11.4. The molecule has 0 saturated heterocycles. The smallest absolute Gasteiger partial charge is 0.257 e. The predicted molar refractivity (Wildman–Crippen MR) is 77.1 cm³/mol. The van der Waals surface area contributed by atoms with Crippen molar-refractivity contribution in [1.82, 2.24) is 5.32 Å². The minimum Gasteiger partial charge on any atom is -0.484 e. The largest absolute Gasteiger partial charge is 0.484 e. The van der Waals surface area contributed by atoms with Crippen LogP contribution in [0, 0.1) is 17.1 Å². The van der Waals surface area contributed by atoms with Crippen LogP contribution in [0.1, 0.15) is 25.3 Å². The second kappa shape index (κ2) is 8.93. The quantitative estimate of drug-likeness (QED) is 0.711. The molecule has 0 aliphatic carbocycles. The van der Waals surface area contributed by atoms with E-state index in [0.717, 1.165) is 12.0 Å². The molecule has 0 spiro atoms. The fourth-order valence-corrected chi connectivity index (χ4v) is 1.73. The van der Waals surface area contributed by atoms with Gasteiger partial charge in [-0.25, -0.2) is 4.39 Å². The second-order valence-corrected chi connectivity index (χ2v) is 4.71. The number of nitriles is 1. The normalized spacial score (nSPS) is 11.5. The van der Waals surface area contributed by atoms with Gasteiger partial charge in [0, 0.05) is 18.7 Å². The lowest BCUT2D eigenvalue weighted by Crippen LogP contribution is -2.29. The predicted octanol–water partition coefficient (Wildman–Crippen LogP) is 1.51. The molecule has 1 amide bonds. The Morgan fingerprint density at radius 2 is 2.29 bits per heavy atom. The third-order valence-electron chi connectivity index (χ3n) is 2.88. The van der Waals surface area contributed by atoms with E-state index in [4.69, 9.17) is 15.7 Å². The summed E-state index contributed by atoms with van der Waals surface area (Å²) >= 11 is 0. The molecule has 5 nitrogen and oxygen atoms in total. The summed E-state index contributed by atoms with van der Waals surface area (Å²) < 4.78 is 18.8. The van der Waals surface area contributed by atoms with Crippen LogP contribution < -0.4 is 15.8 Å². The molecule has 114 valence electrons. The first-order valence-electron chi connectivity index (χ1n) is 6.86. The summed E-state index contributed by atoms with van der Waals surface area (Å²) in [6.45, 7) is 2.03. The number of carbonyl (C=O) groups is 1. The Kier molecular flexibility index (Phi) is 7.19. The highest BCUT2D eigenvalue weighted by Gasteiger charge is 2.07. The number of nitrogens with one attached hydrogen (secondary N) is 1. The van der Waals surface area contributed by atoms with E-state index >= 15 is 0 Å². The van der Waals surface area contributed by atoms with E-state index < -0.39 is 5.82 Å². The average molecular weight is 293 g/mol. The fourth-order valence-electron chi connectivity index (χ4n) is 1.73. The van der Waals surface area contributed by atoms with Crippen LogP contribution in [0.2, 0.25) is 0 Å². The number of benzene rings is 1. The highest BCUT2D eigenvalue weighted by Crippen LogP contribution is 2.18. The van der Waals surface area contributed by atoms with Crippen LogP contribution in [0.5, 0.6) is 5.75 Å². The average Bonchev–Trinajstić information content (AvgIpc) is 2.44. The maximum Gasteiger partial charge on any atom is 0.257 e. The first kappa shape index (κ1) is 16.9. The van der Waals surface area contributed by atoms with Gasteiger partial charge in [0.1, 0.15) is 11.6 Å². The number of halogens is 1. The number of ether oxygens (including phenoxy) is 1. The summed E-state index contributed by atoms with van der Waals surface area (Å²) in [6.07, 6.45) is 1.59. The molecule has 6 heteroatoms. The number of nitrogens with zero attached hydrogens (tertiary/aromatic N) is 1. The van der Waals surface area contributed by atoms with Crippen LogP contribution in [0.3, 0.4) is 0 Å². The number of nitrogens with two attached hydrogens (primary N) is 1. The van der Waals surface area contributed by atoms with E-state index in [9.17, 15) is 9.18 Å². The van der Waals surface area contributed by atoms with Crippen molar-refractivity contribution in [2.75, 3.05) is 13.2 Å². The van der Waals surface area contributed by atoms with Crippen LogP contribution in [0.25, 0.3) is 0 Å². The third kappa shape index (κ3) is 6.72. The van der Waals surface area contributed by atoms with Crippen molar-refractivity contribution in [3.05, 3.63) is 29.6 Å². The molecule has 21 heavy (non-hydrogen) atoms. The van der Waals surface area contributed by atoms with Gasteiger partial charge in [-0.2, -0.15) is 5.26 Å². The van der Waals surface area contributed by atoms with Crippen molar-refractivity contribution in [3.8, 4) is 11.8 Å². The molecule has 1 aromatic rings. The van der Waals surface area contributed by atoms with Crippen molar-refractivity contribution >= 4 is 5.91 Å². The Morgan fingerprint density at radius 1 is 1.52 bits per heavy atom. The third-order valence-corrected chi connectivity index (χ3v) is 2.88. The zero-order valence-electron chi connectivity index (χ0n) is 12.1. The van der Waals surface area contributed by atoms with Gasteiger partial charge in [0.25, 0.3) is 5.91 Å². The second-order valence-electron chi connectivity index (χ2n) is 4.71. The topological polar surface area (TPSA) is 88.1 Å². The lowest BCUT2D eigenvalue weighted by atomic mass is 10.0. The highest BCUT2D eigenvalue weighted by molar-refractivity contribution is 5.77. The summed E-state index contributed by atoms with van der Waals surface area (Å²) in [5, 5.41) is 10.9. The first-order chi connectivity index (χ1) is 10.0. The highest BCUT2D eigenvalue weighted by atomic mass is 19.1. The van der Waals surface area contributed by atoms with Gasteiger partial charge >= 0.3 is 0 Å². The van der Waals surface area contributed by atoms with E-state index in [0.29, 0.717) is 12.2 Å². The maximum atomic E-state index is 13.5. The number of carbonyl (C=O) groups excluding carboxylic acids is 1. The molecule has 0 fully saturated rings. The first-order valence-corrected chi connectivity index (χ1v) is 6.86. The molecule has 0 aromatic heterocycles. The Bertz CT molecular complexity index is 514. The number of hydrogen-bond acceptors (Lipinski definition) is 4. The standard InChI is InChI=1S/C15H20FN3O2/c1-2-13(18)7-11-6-12(16)9-14(8-11)21-10-15(20)19-5-3-4-17/h6,8-9,13H,2-3,5,7,10,18H2,1H3,(H,19,20). The van der Waals surface area contributed by atoms with Crippen LogP contribution in [-0.2, 0) is 11.2 Å². The van der Waals surface area contributed by atoms with Gasteiger partial charge in [-0.1, -0.05) is 6.92 Å². The Balaban J connectivity index is 2.55. The van der Waals surface area contributed by atoms with Crippen molar-refractivity contribution < 1.29 is 13.9 Å². The van der Waals surface area contributed by atoms with E-state index in [1.807, 2.05) is 13.0 Å². The molecule has 3 N–H and O–H groups in total. The molecule has 1 aromatic carbocycles. The molecule has 1 atom stereocenters. The van der Waals surface area contributed by atoms with Crippen molar-refractivity contribution in [2.45, 2.75) is 32.2 Å². The molecule has 0 aliphatic rings. The number of hydrogen-bond donors (Lipinski definition) is 2. The van der Waals surface area contributed by atoms with Gasteiger partial charge in [0.15, 0.2) is 6.61 Å². The zero-order valence-corrected chi connectivity index (χ0v) is 12.1. The van der Waals surface area contributed by atoms with Crippen LogP contribution in [-0.4, -0.2) is 25.1 Å². The summed E-state index contributed by atoms with van der Waals surface area (Å²) in [6, 6.07) is 6.20. The molecule has 1 rings (SSSR count). The van der Waals surface area contributed by atoms with Crippen LogP contribution >= 0.6 is 0 Å². The van der Waals surface area contributed by atoms with Crippen LogP contribution in [0.4, 0.5) is 4.39 Å². The molecular weight excluding hydrogens is 273 g/mol. The van der Waals surface area contributed by atoms with Gasteiger partial charge in [-0.3, -0.25) is 4.79 Å². The molecule has 0 aliphatic heterocycles. The Hall–Kier alpha value is -2.13. The SMILES string of the molecule is CCC(N)Cc1cc(F)cc(OCC(=O)NCCC#N)c1. The number of amides is 1. The summed E-state index contributed by atoms with van der Waals surface area (Å²) in [5.74, 6) is -0.472. The lowest BCUT2D eigenvalue weighted by molar-refractivity contribution is -0.123. The molecule has 0 saturated carbocycles. The van der Waals surface area contributed by atoms with Gasteiger partial charge < -0.3 is 15.8 Å². The molecule has 0 bridgehead atoms. The Labute approximate surface area is 123 Å². The molecular formula is C15H20FN3O2. The zero-order chi connectivity index (χ0) is 15.7. The molecule has 1 unspecified atom stereocenters. The minimum absolute atomic E-state index is 0.0334. The monoisotopic (exact) mass is 293 g/mol. The van der Waals surface area contributed by atoms with Crippen LogP contribution in [0.15, 0.2) is 18.2 Å². The van der Waals surface area contributed by atoms with Crippen molar-refractivity contribution in [3.63, 3.8) is 0 Å². The van der Waals surface area contributed by atoms with Gasteiger partial charge in [-0.05, 0) is 30.5 Å². The summed E-state index contributed by atoms with van der Waals surface area (Å²) in [7, 11) is 0. The van der Waals surface area contributed by atoms with E-state index in [1.165, 1.54) is 12.1 Å². The van der Waals surface area contributed by atoms with Gasteiger partial charge in [-0.15, -0.1) is 0 Å². The van der Waals surface area contributed by atoms with Crippen molar-refractivity contribution in [1.29, 1.82) is 5.26 Å². The van der Waals surface area contributed by atoms with E-state index in [1.54, 1.807) is 6.07 Å². The maximum absolute atomic E-state index is 13.5. The Morgan fingerprint density at radius 3 is 2.95 bits per heavy atom. The summed E-state index contributed by atoms with van der Waals surface area (Å²) in [5.41, 5.74) is 6.58. The van der Waals surface area contributed by atoms with E-state index in [2.05, 4.69) is 5.32 Å². The molecule has 0 radical (unpaired) electrons. The minimum atomic E-state index is -0.421. The van der Waals surface area contributed by atoms with E-state index in [-0.39, 0.29) is 31.5 Å². The van der Waals surface area contributed by atoms with Crippen molar-refractivity contribution in [2.24, 2.45) is 5.73 Å². The number of rotatable bonds is 8. The molecule has 0 heterocycles.